The second-order valence-electron chi connectivity index (χ2n) is 5.35. The highest BCUT2D eigenvalue weighted by atomic mass is 127. The van der Waals surface area contributed by atoms with Crippen molar-refractivity contribution in [2.45, 2.75) is 58.3 Å². The van der Waals surface area contributed by atoms with E-state index in [1.807, 2.05) is 6.07 Å². The van der Waals surface area contributed by atoms with Crippen LogP contribution in [0, 0.1) is 3.57 Å². The van der Waals surface area contributed by atoms with Gasteiger partial charge in [0, 0.05) is 15.1 Å². The summed E-state index contributed by atoms with van der Waals surface area (Å²) < 4.78 is 0.936. The molecular weight excluding hydrogens is 397 g/mol. The van der Waals surface area contributed by atoms with Crippen LogP contribution in [0.3, 0.4) is 0 Å². The molecule has 4 heteroatoms. The average Bonchev–Trinajstić information content (AvgIpc) is 2.48. The Balaban J connectivity index is 2.12. The Labute approximate surface area is 147 Å². The van der Waals surface area contributed by atoms with Gasteiger partial charge in [-0.1, -0.05) is 63.5 Å². The molecule has 1 rings (SSSR count). The largest absolute Gasteiger partial charge is 0.352 e. The predicted molar refractivity (Wildman–Crippen MR) is 99.1 cm³/mol. The first kappa shape index (κ1) is 18.8. The van der Waals surface area contributed by atoms with Gasteiger partial charge in [-0.3, -0.25) is 4.79 Å². The molecule has 0 aliphatic carbocycles. The Morgan fingerprint density at radius 3 is 2.38 bits per heavy atom. The van der Waals surface area contributed by atoms with Gasteiger partial charge in [-0.2, -0.15) is 0 Å². The summed E-state index contributed by atoms with van der Waals surface area (Å²) in [4.78, 5) is 12.1. The summed E-state index contributed by atoms with van der Waals surface area (Å²) in [5.74, 6) is -0.0233. The van der Waals surface area contributed by atoms with Crippen molar-refractivity contribution in [2.24, 2.45) is 0 Å². The third kappa shape index (κ3) is 8.05. The van der Waals surface area contributed by atoms with Crippen molar-refractivity contribution in [2.75, 3.05) is 6.54 Å². The van der Waals surface area contributed by atoms with Crippen molar-refractivity contribution in [1.82, 2.24) is 5.32 Å². The van der Waals surface area contributed by atoms with Crippen LogP contribution in [-0.2, 0) is 0 Å². The Hall–Kier alpha value is -0.290. The quantitative estimate of drug-likeness (QED) is 0.374. The lowest BCUT2D eigenvalue weighted by Gasteiger charge is -2.07. The van der Waals surface area contributed by atoms with Crippen LogP contribution in [0.5, 0.6) is 0 Å². The smallest absolute Gasteiger partial charge is 0.252 e. The zero-order valence-corrected chi connectivity index (χ0v) is 15.7. The molecule has 0 aromatic heterocycles. The van der Waals surface area contributed by atoms with Gasteiger partial charge in [-0.15, -0.1) is 0 Å². The minimum absolute atomic E-state index is 0.0233. The van der Waals surface area contributed by atoms with E-state index >= 15 is 0 Å². The second kappa shape index (κ2) is 11.3. The Morgan fingerprint density at radius 1 is 1.10 bits per heavy atom. The lowest BCUT2D eigenvalue weighted by atomic mass is 10.1. The monoisotopic (exact) mass is 421 g/mol. The summed E-state index contributed by atoms with van der Waals surface area (Å²) >= 11 is 8.10. The summed E-state index contributed by atoms with van der Waals surface area (Å²) in [5, 5.41) is 3.58. The van der Waals surface area contributed by atoms with Crippen molar-refractivity contribution < 1.29 is 4.79 Å². The molecule has 0 radical (unpaired) electrons. The van der Waals surface area contributed by atoms with Crippen LogP contribution in [0.25, 0.3) is 0 Å². The highest BCUT2D eigenvalue weighted by Crippen LogP contribution is 2.17. The van der Waals surface area contributed by atoms with Gasteiger partial charge in [0.2, 0.25) is 0 Å². The molecule has 0 aliphatic rings. The summed E-state index contributed by atoms with van der Waals surface area (Å²) in [6, 6.07) is 5.40. The molecule has 0 bridgehead atoms. The Kier molecular flexibility index (Phi) is 10.1. The molecule has 0 saturated carbocycles. The molecule has 0 saturated heterocycles. The molecule has 1 aromatic carbocycles. The number of hydrogen-bond acceptors (Lipinski definition) is 1. The highest BCUT2D eigenvalue weighted by Gasteiger charge is 2.09. The van der Waals surface area contributed by atoms with E-state index in [2.05, 4.69) is 34.8 Å². The normalized spacial score (nSPS) is 10.6. The zero-order valence-electron chi connectivity index (χ0n) is 12.8. The minimum Gasteiger partial charge on any atom is -0.352 e. The van der Waals surface area contributed by atoms with Gasteiger partial charge in [-0.25, -0.2) is 0 Å². The van der Waals surface area contributed by atoms with Gasteiger partial charge in [-0.05, 0) is 47.2 Å². The SMILES string of the molecule is CCCCCCCCCCNC(=O)c1cc(Cl)ccc1I. The maximum absolute atomic E-state index is 12.1. The van der Waals surface area contributed by atoms with Gasteiger partial charge in [0.25, 0.3) is 5.91 Å². The Bertz CT molecular complexity index is 437. The first-order valence-corrected chi connectivity index (χ1v) is 9.34. The fourth-order valence-electron chi connectivity index (χ4n) is 2.23. The van der Waals surface area contributed by atoms with Gasteiger partial charge < -0.3 is 5.32 Å². The van der Waals surface area contributed by atoms with Gasteiger partial charge >= 0.3 is 0 Å². The molecule has 118 valence electrons. The van der Waals surface area contributed by atoms with Crippen LogP contribution < -0.4 is 5.32 Å². The van der Waals surface area contributed by atoms with E-state index in [9.17, 15) is 4.79 Å². The molecule has 1 amide bonds. The molecule has 21 heavy (non-hydrogen) atoms. The molecule has 0 fully saturated rings. The second-order valence-corrected chi connectivity index (χ2v) is 6.95. The van der Waals surface area contributed by atoms with E-state index in [0.29, 0.717) is 10.6 Å². The van der Waals surface area contributed by atoms with Crippen LogP contribution in [0.4, 0.5) is 0 Å². The van der Waals surface area contributed by atoms with Crippen LogP contribution in [0.1, 0.15) is 68.6 Å². The van der Waals surface area contributed by atoms with E-state index in [1.165, 1.54) is 44.9 Å². The number of hydrogen-bond donors (Lipinski definition) is 1. The minimum atomic E-state index is -0.0233. The maximum Gasteiger partial charge on any atom is 0.252 e. The molecule has 0 aliphatic heterocycles. The number of halogens is 2. The molecule has 2 nitrogen and oxygen atoms in total. The van der Waals surface area contributed by atoms with E-state index in [0.717, 1.165) is 16.5 Å². The number of unbranched alkanes of at least 4 members (excludes halogenated alkanes) is 7. The molecule has 0 heterocycles. The van der Waals surface area contributed by atoms with E-state index in [4.69, 9.17) is 11.6 Å². The zero-order chi connectivity index (χ0) is 15.5. The molecule has 0 unspecified atom stereocenters. The fourth-order valence-corrected chi connectivity index (χ4v) is 2.98. The third-order valence-corrected chi connectivity index (χ3v) is 4.66. The van der Waals surface area contributed by atoms with Crippen LogP contribution in [0.2, 0.25) is 5.02 Å². The summed E-state index contributed by atoms with van der Waals surface area (Å²) in [6.45, 7) is 2.99. The predicted octanol–water partition coefficient (Wildman–Crippen LogP) is 5.82. The summed E-state index contributed by atoms with van der Waals surface area (Å²) in [5.41, 5.74) is 0.669. The fraction of sp³-hybridized carbons (Fsp3) is 0.588. The number of amides is 1. The first-order chi connectivity index (χ1) is 10.1. The maximum atomic E-state index is 12.1. The molecular formula is C17H25ClINO. The lowest BCUT2D eigenvalue weighted by molar-refractivity contribution is 0.0952. The molecule has 0 spiro atoms. The van der Waals surface area contributed by atoms with Gasteiger partial charge in [0.1, 0.15) is 0 Å². The van der Waals surface area contributed by atoms with Crippen LogP contribution in [0.15, 0.2) is 18.2 Å². The number of carbonyl (C=O) groups excluding carboxylic acids is 1. The first-order valence-electron chi connectivity index (χ1n) is 7.88. The third-order valence-electron chi connectivity index (χ3n) is 3.49. The number of nitrogens with one attached hydrogen (secondary N) is 1. The highest BCUT2D eigenvalue weighted by molar-refractivity contribution is 14.1. The summed E-state index contributed by atoms with van der Waals surface area (Å²) in [7, 11) is 0. The standard InChI is InChI=1S/C17H25ClINO/c1-2-3-4-5-6-7-8-9-12-20-17(21)15-13-14(18)10-11-16(15)19/h10-11,13H,2-9,12H2,1H3,(H,20,21). The Morgan fingerprint density at radius 2 is 1.71 bits per heavy atom. The van der Waals surface area contributed by atoms with Crippen molar-refractivity contribution in [3.63, 3.8) is 0 Å². The number of benzene rings is 1. The van der Waals surface area contributed by atoms with Crippen LogP contribution >= 0.6 is 34.2 Å². The van der Waals surface area contributed by atoms with E-state index in [-0.39, 0.29) is 5.91 Å². The van der Waals surface area contributed by atoms with Crippen molar-refractivity contribution >= 4 is 40.1 Å². The van der Waals surface area contributed by atoms with E-state index < -0.39 is 0 Å². The van der Waals surface area contributed by atoms with Crippen LogP contribution in [-0.4, -0.2) is 12.5 Å². The van der Waals surface area contributed by atoms with Gasteiger partial charge in [0.05, 0.1) is 5.56 Å². The number of carbonyl (C=O) groups is 1. The van der Waals surface area contributed by atoms with Crippen molar-refractivity contribution in [3.8, 4) is 0 Å². The number of rotatable bonds is 10. The van der Waals surface area contributed by atoms with E-state index in [1.54, 1.807) is 12.1 Å². The lowest BCUT2D eigenvalue weighted by Crippen LogP contribution is -2.25. The molecule has 1 aromatic rings. The average molecular weight is 422 g/mol. The van der Waals surface area contributed by atoms with Gasteiger partial charge in [0.15, 0.2) is 0 Å². The topological polar surface area (TPSA) is 29.1 Å². The van der Waals surface area contributed by atoms with Crippen molar-refractivity contribution in [3.05, 3.63) is 32.4 Å². The molecule has 0 atom stereocenters. The molecule has 1 N–H and O–H groups in total. The summed E-state index contributed by atoms with van der Waals surface area (Å²) in [6.07, 6.45) is 10.2. The van der Waals surface area contributed by atoms with Crippen molar-refractivity contribution in [1.29, 1.82) is 0 Å².